The number of anilines is 1. The number of carbonyl (C=O) groups excluding carboxylic acids is 1. The van der Waals surface area contributed by atoms with Gasteiger partial charge >= 0.3 is 0 Å². The summed E-state index contributed by atoms with van der Waals surface area (Å²) < 4.78 is 0. The van der Waals surface area contributed by atoms with E-state index in [0.29, 0.717) is 0 Å². The van der Waals surface area contributed by atoms with Crippen molar-refractivity contribution in [2.75, 3.05) is 5.32 Å². The average Bonchev–Trinajstić information content (AvgIpc) is 2.08. The number of halogens is 1. The van der Waals surface area contributed by atoms with E-state index < -0.39 is 5.38 Å². The van der Waals surface area contributed by atoms with Crippen LogP contribution in [0.5, 0.6) is 0 Å². The topological polar surface area (TPSA) is 29.1 Å². The zero-order valence-electron chi connectivity index (χ0n) is 7.67. The number of para-hydroxylation sites is 1. The van der Waals surface area contributed by atoms with E-state index in [1.165, 1.54) is 0 Å². The monoisotopic (exact) mass is 197 g/mol. The summed E-state index contributed by atoms with van der Waals surface area (Å²) in [6, 6.07) is 7.59. The second kappa shape index (κ2) is 4.28. The van der Waals surface area contributed by atoms with E-state index >= 15 is 0 Å². The van der Waals surface area contributed by atoms with Crippen LogP contribution in [0.1, 0.15) is 12.5 Å². The Kier molecular flexibility index (Phi) is 3.32. The maximum absolute atomic E-state index is 11.2. The Balaban J connectivity index is 2.75. The second-order valence-electron chi connectivity index (χ2n) is 2.92. The van der Waals surface area contributed by atoms with Crippen LogP contribution in [0, 0.1) is 6.92 Å². The fourth-order valence-electron chi connectivity index (χ4n) is 0.945. The predicted molar refractivity (Wildman–Crippen MR) is 55.1 cm³/mol. The number of amides is 1. The molecule has 2 nitrogen and oxygen atoms in total. The SMILES string of the molecule is Cc1ccccc1NC(=O)[C@@H](C)Cl. The molecule has 3 heteroatoms. The smallest absolute Gasteiger partial charge is 0.242 e. The van der Waals surface area contributed by atoms with Gasteiger partial charge in [-0.05, 0) is 25.5 Å². The zero-order chi connectivity index (χ0) is 9.84. The highest BCUT2D eigenvalue weighted by Crippen LogP contribution is 2.13. The van der Waals surface area contributed by atoms with Gasteiger partial charge in [0.05, 0.1) is 0 Å². The number of nitrogens with one attached hydrogen (secondary N) is 1. The molecule has 0 aliphatic carbocycles. The van der Waals surface area contributed by atoms with E-state index in [0.717, 1.165) is 11.3 Å². The summed E-state index contributed by atoms with van der Waals surface area (Å²) in [6.45, 7) is 3.59. The second-order valence-corrected chi connectivity index (χ2v) is 3.57. The average molecular weight is 198 g/mol. The van der Waals surface area contributed by atoms with E-state index in [1.54, 1.807) is 6.92 Å². The molecule has 0 fully saturated rings. The molecular formula is C10H12ClNO. The summed E-state index contributed by atoms with van der Waals surface area (Å²) in [5.74, 6) is -0.170. The number of aryl methyl sites for hydroxylation is 1. The summed E-state index contributed by atoms with van der Waals surface area (Å²) in [6.07, 6.45) is 0. The van der Waals surface area contributed by atoms with Gasteiger partial charge in [0.1, 0.15) is 5.38 Å². The maximum Gasteiger partial charge on any atom is 0.242 e. The molecule has 0 aromatic heterocycles. The van der Waals surface area contributed by atoms with E-state index in [4.69, 9.17) is 11.6 Å². The van der Waals surface area contributed by atoms with Crippen molar-refractivity contribution in [3.63, 3.8) is 0 Å². The van der Waals surface area contributed by atoms with Crippen LogP contribution in [0.4, 0.5) is 5.69 Å². The third kappa shape index (κ3) is 2.74. The van der Waals surface area contributed by atoms with Crippen LogP contribution in [0.25, 0.3) is 0 Å². The van der Waals surface area contributed by atoms with Crippen molar-refractivity contribution in [2.24, 2.45) is 0 Å². The maximum atomic E-state index is 11.2. The van der Waals surface area contributed by atoms with Gasteiger partial charge in [-0.2, -0.15) is 0 Å². The summed E-state index contributed by atoms with van der Waals surface area (Å²) >= 11 is 5.62. The van der Waals surface area contributed by atoms with Crippen molar-refractivity contribution in [1.82, 2.24) is 0 Å². The van der Waals surface area contributed by atoms with E-state index in [9.17, 15) is 4.79 Å². The lowest BCUT2D eigenvalue weighted by Gasteiger charge is -2.08. The van der Waals surface area contributed by atoms with Gasteiger partial charge in [-0.25, -0.2) is 0 Å². The first-order valence-corrected chi connectivity index (χ1v) is 4.55. The number of rotatable bonds is 2. The number of hydrogen-bond acceptors (Lipinski definition) is 1. The molecule has 0 saturated carbocycles. The summed E-state index contributed by atoms with van der Waals surface area (Å²) in [7, 11) is 0. The quantitative estimate of drug-likeness (QED) is 0.726. The molecule has 1 aromatic carbocycles. The van der Waals surface area contributed by atoms with Crippen LogP contribution < -0.4 is 5.32 Å². The molecule has 13 heavy (non-hydrogen) atoms. The lowest BCUT2D eigenvalue weighted by Crippen LogP contribution is -2.20. The molecule has 1 N–H and O–H groups in total. The summed E-state index contributed by atoms with van der Waals surface area (Å²) in [5, 5.41) is 2.24. The lowest BCUT2D eigenvalue weighted by atomic mass is 10.2. The lowest BCUT2D eigenvalue weighted by molar-refractivity contribution is -0.115. The Hall–Kier alpha value is -1.02. The Morgan fingerprint density at radius 3 is 2.62 bits per heavy atom. The van der Waals surface area contributed by atoms with Gasteiger partial charge in [-0.3, -0.25) is 4.79 Å². The molecule has 0 radical (unpaired) electrons. The third-order valence-corrected chi connectivity index (χ3v) is 1.96. The fraction of sp³-hybridized carbons (Fsp3) is 0.300. The van der Waals surface area contributed by atoms with Crippen LogP contribution in [-0.4, -0.2) is 11.3 Å². The predicted octanol–water partition coefficient (Wildman–Crippen LogP) is 2.56. The molecule has 0 bridgehead atoms. The molecule has 70 valence electrons. The van der Waals surface area contributed by atoms with Crippen molar-refractivity contribution >= 4 is 23.2 Å². The molecule has 0 heterocycles. The van der Waals surface area contributed by atoms with Gasteiger partial charge in [0.2, 0.25) is 5.91 Å². The zero-order valence-corrected chi connectivity index (χ0v) is 8.43. The van der Waals surface area contributed by atoms with Crippen molar-refractivity contribution < 1.29 is 4.79 Å². The van der Waals surface area contributed by atoms with E-state index in [2.05, 4.69) is 5.32 Å². The molecule has 1 atom stereocenters. The van der Waals surface area contributed by atoms with E-state index in [1.807, 2.05) is 31.2 Å². The number of alkyl halides is 1. The van der Waals surface area contributed by atoms with Gasteiger partial charge in [-0.1, -0.05) is 18.2 Å². The van der Waals surface area contributed by atoms with Gasteiger partial charge in [0.25, 0.3) is 0 Å². The van der Waals surface area contributed by atoms with Gasteiger partial charge in [0, 0.05) is 5.69 Å². The largest absolute Gasteiger partial charge is 0.325 e. The molecular weight excluding hydrogens is 186 g/mol. The minimum atomic E-state index is -0.500. The number of hydrogen-bond donors (Lipinski definition) is 1. The Morgan fingerprint density at radius 2 is 2.08 bits per heavy atom. The highest BCUT2D eigenvalue weighted by atomic mass is 35.5. The number of carbonyl (C=O) groups is 1. The molecule has 0 aliphatic heterocycles. The van der Waals surface area contributed by atoms with Crippen molar-refractivity contribution in [3.8, 4) is 0 Å². The number of benzene rings is 1. The van der Waals surface area contributed by atoms with Crippen LogP contribution in [-0.2, 0) is 4.79 Å². The first-order valence-electron chi connectivity index (χ1n) is 4.12. The van der Waals surface area contributed by atoms with Gasteiger partial charge in [0.15, 0.2) is 0 Å². The summed E-state index contributed by atoms with van der Waals surface area (Å²) in [5.41, 5.74) is 1.85. The molecule has 1 amide bonds. The highest BCUT2D eigenvalue weighted by Gasteiger charge is 2.09. The normalized spacial score (nSPS) is 12.2. The highest BCUT2D eigenvalue weighted by molar-refractivity contribution is 6.32. The summed E-state index contributed by atoms with van der Waals surface area (Å²) in [4.78, 5) is 11.2. The Bertz CT molecular complexity index is 310. The molecule has 1 rings (SSSR count). The fourth-order valence-corrected chi connectivity index (χ4v) is 1.000. The van der Waals surface area contributed by atoms with Crippen LogP contribution in [0.15, 0.2) is 24.3 Å². The Morgan fingerprint density at radius 1 is 1.46 bits per heavy atom. The van der Waals surface area contributed by atoms with Gasteiger partial charge in [-0.15, -0.1) is 11.6 Å². The van der Waals surface area contributed by atoms with E-state index in [-0.39, 0.29) is 5.91 Å². The molecule has 0 unspecified atom stereocenters. The minimum Gasteiger partial charge on any atom is -0.325 e. The van der Waals surface area contributed by atoms with Crippen LogP contribution >= 0.6 is 11.6 Å². The van der Waals surface area contributed by atoms with Crippen LogP contribution in [0.3, 0.4) is 0 Å². The molecule has 0 saturated heterocycles. The minimum absolute atomic E-state index is 0.170. The standard InChI is InChI=1S/C10H12ClNO/c1-7-5-3-4-6-9(7)12-10(13)8(2)11/h3-6,8H,1-2H3,(H,12,13)/t8-/m1/s1. The third-order valence-electron chi connectivity index (χ3n) is 1.76. The molecule has 0 aliphatic rings. The Labute approximate surface area is 82.9 Å². The van der Waals surface area contributed by atoms with Gasteiger partial charge < -0.3 is 5.32 Å². The van der Waals surface area contributed by atoms with Crippen molar-refractivity contribution in [1.29, 1.82) is 0 Å². The molecule has 1 aromatic rings. The van der Waals surface area contributed by atoms with Crippen LogP contribution in [0.2, 0.25) is 0 Å². The van der Waals surface area contributed by atoms with Crippen molar-refractivity contribution in [3.05, 3.63) is 29.8 Å². The van der Waals surface area contributed by atoms with Crippen molar-refractivity contribution in [2.45, 2.75) is 19.2 Å². The molecule has 0 spiro atoms. The first-order chi connectivity index (χ1) is 6.11. The first kappa shape index (κ1) is 10.1.